The van der Waals surface area contributed by atoms with Crippen LogP contribution in [0.4, 0.5) is 10.7 Å². The van der Waals surface area contributed by atoms with Gasteiger partial charge in [-0.05, 0) is 25.1 Å². The number of hydrogen-bond acceptors (Lipinski definition) is 5. The Bertz CT molecular complexity index is 852. The van der Waals surface area contributed by atoms with E-state index in [1.54, 1.807) is 13.1 Å². The van der Waals surface area contributed by atoms with Gasteiger partial charge < -0.3 is 9.72 Å². The Morgan fingerprint density at radius 1 is 1.43 bits per heavy atom. The van der Waals surface area contributed by atoms with Gasteiger partial charge in [-0.2, -0.15) is 0 Å². The van der Waals surface area contributed by atoms with Gasteiger partial charge in [-0.1, -0.05) is 35.5 Å². The number of carbonyl (C=O) groups excluding carboxylic acids is 1. The van der Waals surface area contributed by atoms with Gasteiger partial charge in [0.25, 0.3) is 0 Å². The van der Waals surface area contributed by atoms with Crippen LogP contribution in [0.3, 0.4) is 0 Å². The van der Waals surface area contributed by atoms with E-state index in [4.69, 9.17) is 16.3 Å². The smallest absolute Gasteiger partial charge is 0.413 e. The molecule has 6 nitrogen and oxygen atoms in total. The predicted molar refractivity (Wildman–Crippen MR) is 90.1 cm³/mol. The fraction of sp³-hybridized carbons (Fsp3) is 0.133. The van der Waals surface area contributed by atoms with Gasteiger partial charge in [0.05, 0.1) is 11.6 Å². The normalized spacial score (nSPS) is 10.7. The van der Waals surface area contributed by atoms with E-state index in [0.717, 1.165) is 9.79 Å². The minimum Gasteiger partial charge on any atom is -0.450 e. The number of aromatic amines is 1. The Morgan fingerprint density at radius 3 is 3.04 bits per heavy atom. The topological polar surface area (TPSA) is 79.9 Å². The van der Waals surface area contributed by atoms with Gasteiger partial charge >= 0.3 is 6.09 Å². The molecule has 118 valence electrons. The molecule has 0 spiro atoms. The van der Waals surface area contributed by atoms with Crippen LogP contribution in [0.5, 0.6) is 0 Å². The number of fused-ring (bicyclic) bond motifs is 1. The molecule has 0 atom stereocenters. The number of nitrogens with zero attached hydrogens (tertiary/aromatic N) is 2. The van der Waals surface area contributed by atoms with Crippen molar-refractivity contribution in [3.63, 3.8) is 0 Å². The number of rotatable bonds is 4. The minimum atomic E-state index is -0.558. The predicted octanol–water partition coefficient (Wildman–Crippen LogP) is 4.33. The van der Waals surface area contributed by atoms with Gasteiger partial charge in [0.15, 0.2) is 5.65 Å². The van der Waals surface area contributed by atoms with Crippen molar-refractivity contribution < 1.29 is 9.53 Å². The molecule has 3 aromatic rings. The lowest BCUT2D eigenvalue weighted by Crippen LogP contribution is -2.14. The Morgan fingerprint density at radius 2 is 2.26 bits per heavy atom. The molecule has 0 saturated heterocycles. The Labute approximate surface area is 141 Å². The Kier molecular flexibility index (Phi) is 4.68. The van der Waals surface area contributed by atoms with Crippen molar-refractivity contribution in [1.82, 2.24) is 15.0 Å². The lowest BCUT2D eigenvalue weighted by atomic mass is 10.4. The van der Waals surface area contributed by atoms with E-state index in [-0.39, 0.29) is 0 Å². The number of amides is 1. The number of halogens is 1. The molecular formula is C15H13ClN4O2S. The second-order valence-electron chi connectivity index (χ2n) is 4.50. The van der Waals surface area contributed by atoms with Crippen LogP contribution in [0.15, 0.2) is 46.3 Å². The van der Waals surface area contributed by atoms with Gasteiger partial charge in [0.1, 0.15) is 5.52 Å². The van der Waals surface area contributed by atoms with Crippen molar-refractivity contribution in [3.05, 3.63) is 41.6 Å². The van der Waals surface area contributed by atoms with E-state index in [1.165, 1.54) is 11.8 Å². The summed E-state index contributed by atoms with van der Waals surface area (Å²) in [6.07, 6.45) is 1.17. The second-order valence-corrected chi connectivity index (χ2v) is 6.02. The van der Waals surface area contributed by atoms with Crippen molar-refractivity contribution in [2.45, 2.75) is 16.7 Å². The molecule has 23 heavy (non-hydrogen) atoms. The maximum absolute atomic E-state index is 11.4. The van der Waals surface area contributed by atoms with Crippen molar-refractivity contribution in [1.29, 1.82) is 0 Å². The quantitative estimate of drug-likeness (QED) is 0.733. The van der Waals surface area contributed by atoms with Crippen molar-refractivity contribution >= 4 is 46.6 Å². The maximum Gasteiger partial charge on any atom is 0.413 e. The third-order valence-electron chi connectivity index (χ3n) is 2.87. The molecule has 0 aliphatic heterocycles. The molecule has 2 N–H and O–H groups in total. The summed E-state index contributed by atoms with van der Waals surface area (Å²) >= 11 is 7.66. The molecule has 0 aliphatic rings. The number of H-pyrrole nitrogens is 1. The maximum atomic E-state index is 11.4. The molecule has 1 aromatic carbocycles. The van der Waals surface area contributed by atoms with E-state index in [0.29, 0.717) is 28.7 Å². The lowest BCUT2D eigenvalue weighted by Gasteiger charge is -2.02. The van der Waals surface area contributed by atoms with Crippen LogP contribution in [-0.4, -0.2) is 27.7 Å². The summed E-state index contributed by atoms with van der Waals surface area (Å²) in [5.74, 6) is 0.297. The number of ether oxygens (including phenoxy) is 1. The number of carbonyl (C=O) groups is 1. The lowest BCUT2D eigenvalue weighted by molar-refractivity contribution is 0.167. The van der Waals surface area contributed by atoms with Crippen LogP contribution in [0.1, 0.15) is 6.92 Å². The van der Waals surface area contributed by atoms with Crippen molar-refractivity contribution in [3.8, 4) is 0 Å². The highest BCUT2D eigenvalue weighted by Gasteiger charge is 2.10. The number of anilines is 1. The van der Waals surface area contributed by atoms with E-state index in [9.17, 15) is 4.79 Å². The summed E-state index contributed by atoms with van der Waals surface area (Å²) in [5.41, 5.74) is 1.23. The first-order valence-corrected chi connectivity index (χ1v) is 8.07. The first-order valence-electron chi connectivity index (χ1n) is 6.87. The third kappa shape index (κ3) is 3.75. The van der Waals surface area contributed by atoms with Crippen LogP contribution in [-0.2, 0) is 4.74 Å². The number of pyridine rings is 1. The van der Waals surface area contributed by atoms with E-state index >= 15 is 0 Å². The zero-order valence-electron chi connectivity index (χ0n) is 12.2. The SMILES string of the molecule is CCOC(=O)Nc1nc2cc(Sc3ccccc3Cl)cnc2[nH]1. The Balaban J connectivity index is 1.82. The average molecular weight is 349 g/mol. The number of aromatic nitrogens is 3. The average Bonchev–Trinajstić information content (AvgIpc) is 2.91. The van der Waals surface area contributed by atoms with Crippen LogP contribution in [0, 0.1) is 0 Å². The first kappa shape index (κ1) is 15.6. The minimum absolute atomic E-state index is 0.295. The molecule has 8 heteroatoms. The van der Waals surface area contributed by atoms with Gasteiger partial charge in [0.2, 0.25) is 5.95 Å². The standard InChI is InChI=1S/C15H13ClN4O2S/c1-2-22-15(21)20-14-18-11-7-9(8-17-13(11)19-14)23-12-6-4-3-5-10(12)16/h3-8H,2H2,1H3,(H2,17,18,19,20,21). The number of hydrogen-bond donors (Lipinski definition) is 2. The molecule has 0 unspecified atom stereocenters. The van der Waals surface area contributed by atoms with Crippen molar-refractivity contribution in [2.24, 2.45) is 0 Å². The van der Waals surface area contributed by atoms with Gasteiger partial charge in [-0.15, -0.1) is 0 Å². The van der Waals surface area contributed by atoms with Gasteiger partial charge in [0, 0.05) is 16.0 Å². The molecule has 0 bridgehead atoms. The summed E-state index contributed by atoms with van der Waals surface area (Å²) in [5, 5.41) is 3.20. The molecule has 2 aromatic heterocycles. The van der Waals surface area contributed by atoms with Crippen LogP contribution < -0.4 is 5.32 Å². The van der Waals surface area contributed by atoms with Gasteiger partial charge in [-0.3, -0.25) is 5.32 Å². The molecule has 0 radical (unpaired) electrons. The molecule has 0 aliphatic carbocycles. The summed E-state index contributed by atoms with van der Waals surface area (Å²) < 4.78 is 4.81. The number of benzene rings is 1. The van der Waals surface area contributed by atoms with Crippen LogP contribution in [0.2, 0.25) is 5.02 Å². The zero-order valence-corrected chi connectivity index (χ0v) is 13.7. The monoisotopic (exact) mass is 348 g/mol. The Hall–Kier alpha value is -2.25. The highest BCUT2D eigenvalue weighted by molar-refractivity contribution is 7.99. The van der Waals surface area contributed by atoms with Crippen LogP contribution in [0.25, 0.3) is 11.2 Å². The summed E-state index contributed by atoms with van der Waals surface area (Å²) in [6, 6.07) is 9.47. The summed E-state index contributed by atoms with van der Waals surface area (Å²) in [4.78, 5) is 24.8. The molecule has 0 saturated carbocycles. The van der Waals surface area contributed by atoms with Gasteiger partial charge in [-0.25, -0.2) is 14.8 Å². The third-order valence-corrected chi connectivity index (χ3v) is 4.35. The molecule has 2 heterocycles. The largest absolute Gasteiger partial charge is 0.450 e. The van der Waals surface area contributed by atoms with E-state index in [2.05, 4.69) is 20.3 Å². The molecule has 3 rings (SSSR count). The number of imidazole rings is 1. The highest BCUT2D eigenvalue weighted by atomic mass is 35.5. The zero-order chi connectivity index (χ0) is 16.2. The second kappa shape index (κ2) is 6.89. The van der Waals surface area contributed by atoms with Crippen molar-refractivity contribution in [2.75, 3.05) is 11.9 Å². The first-order chi connectivity index (χ1) is 11.2. The highest BCUT2D eigenvalue weighted by Crippen LogP contribution is 2.33. The van der Waals surface area contributed by atoms with Crippen LogP contribution >= 0.6 is 23.4 Å². The fourth-order valence-electron chi connectivity index (χ4n) is 1.91. The summed E-state index contributed by atoms with van der Waals surface area (Å²) in [7, 11) is 0. The fourth-order valence-corrected chi connectivity index (χ4v) is 3.00. The van der Waals surface area contributed by atoms with E-state index < -0.39 is 6.09 Å². The molecule has 1 amide bonds. The van der Waals surface area contributed by atoms with E-state index in [1.807, 2.05) is 30.3 Å². The molecular weight excluding hydrogens is 336 g/mol. The summed E-state index contributed by atoms with van der Waals surface area (Å²) in [6.45, 7) is 2.03. The molecule has 0 fully saturated rings. The number of nitrogens with one attached hydrogen (secondary N) is 2.